The van der Waals surface area contributed by atoms with Crippen molar-refractivity contribution < 1.29 is 9.47 Å². The predicted molar refractivity (Wildman–Crippen MR) is 97.4 cm³/mol. The van der Waals surface area contributed by atoms with Crippen molar-refractivity contribution in [2.75, 3.05) is 6.79 Å². The summed E-state index contributed by atoms with van der Waals surface area (Å²) in [5.74, 6) is 1.34. The lowest BCUT2D eigenvalue weighted by molar-refractivity contribution is 0.174. The molecule has 1 aliphatic rings. The lowest BCUT2D eigenvalue weighted by Crippen LogP contribution is -2.40. The SMILES string of the molecule is Cc1cc(C)cc(-n2ccn(Cc3ccc4c(c3)OCO4)c(=O)c2=O)c1. The number of fused-ring (bicyclic) bond motifs is 1. The number of hydrogen-bond donors (Lipinski definition) is 0. The summed E-state index contributed by atoms with van der Waals surface area (Å²) in [5.41, 5.74) is 2.50. The Bertz CT molecular complexity index is 1090. The molecule has 1 aromatic heterocycles. The van der Waals surface area contributed by atoms with Crippen LogP contribution in [0.4, 0.5) is 0 Å². The van der Waals surface area contributed by atoms with Gasteiger partial charge in [0, 0.05) is 18.1 Å². The second-order valence-corrected chi connectivity index (χ2v) is 6.44. The molecule has 0 bridgehead atoms. The summed E-state index contributed by atoms with van der Waals surface area (Å²) < 4.78 is 13.4. The summed E-state index contributed by atoms with van der Waals surface area (Å²) in [6.45, 7) is 4.41. The number of aromatic nitrogens is 2. The highest BCUT2D eigenvalue weighted by molar-refractivity contribution is 5.44. The van der Waals surface area contributed by atoms with Crippen LogP contribution in [0.3, 0.4) is 0 Å². The summed E-state index contributed by atoms with van der Waals surface area (Å²) in [5, 5.41) is 0. The standard InChI is InChI=1S/C20H18N2O4/c1-13-7-14(2)9-16(8-13)22-6-5-21(19(23)20(22)24)11-15-3-4-17-18(10-15)26-12-25-17/h3-10H,11-12H2,1-2H3. The van der Waals surface area contributed by atoms with E-state index in [-0.39, 0.29) is 6.79 Å². The molecule has 3 aromatic rings. The second kappa shape index (κ2) is 6.22. The summed E-state index contributed by atoms with van der Waals surface area (Å²) in [7, 11) is 0. The molecule has 0 unspecified atom stereocenters. The molecule has 0 fully saturated rings. The maximum absolute atomic E-state index is 12.6. The van der Waals surface area contributed by atoms with E-state index < -0.39 is 11.1 Å². The number of benzene rings is 2. The van der Waals surface area contributed by atoms with Crippen molar-refractivity contribution >= 4 is 0 Å². The Morgan fingerprint density at radius 3 is 2.38 bits per heavy atom. The van der Waals surface area contributed by atoms with Gasteiger partial charge in [0.2, 0.25) is 6.79 Å². The van der Waals surface area contributed by atoms with Crippen LogP contribution in [0.2, 0.25) is 0 Å². The van der Waals surface area contributed by atoms with Crippen molar-refractivity contribution in [1.82, 2.24) is 9.13 Å². The lowest BCUT2D eigenvalue weighted by Gasteiger charge is -2.11. The molecule has 0 aliphatic carbocycles. The van der Waals surface area contributed by atoms with E-state index in [2.05, 4.69) is 0 Å². The van der Waals surface area contributed by atoms with Gasteiger partial charge in [-0.2, -0.15) is 0 Å². The van der Waals surface area contributed by atoms with Gasteiger partial charge in [0.1, 0.15) is 0 Å². The summed E-state index contributed by atoms with van der Waals surface area (Å²) in [4.78, 5) is 25.1. The average molecular weight is 350 g/mol. The molecule has 4 rings (SSSR count). The molecule has 26 heavy (non-hydrogen) atoms. The van der Waals surface area contributed by atoms with Crippen LogP contribution in [-0.2, 0) is 6.54 Å². The number of ether oxygens (including phenoxy) is 2. The van der Waals surface area contributed by atoms with Crippen molar-refractivity contribution in [3.05, 3.63) is 86.2 Å². The molecule has 2 aromatic carbocycles. The van der Waals surface area contributed by atoms with Gasteiger partial charge < -0.3 is 14.0 Å². The molecule has 0 spiro atoms. The van der Waals surface area contributed by atoms with Gasteiger partial charge in [0.15, 0.2) is 11.5 Å². The van der Waals surface area contributed by atoms with Crippen LogP contribution in [-0.4, -0.2) is 15.9 Å². The Kier molecular flexibility index (Phi) is 3.88. The molecule has 0 amide bonds. The summed E-state index contributed by atoms with van der Waals surface area (Å²) in [6.07, 6.45) is 3.26. The highest BCUT2D eigenvalue weighted by Gasteiger charge is 2.14. The topological polar surface area (TPSA) is 62.5 Å². The molecule has 1 aliphatic heterocycles. The minimum absolute atomic E-state index is 0.199. The molecular weight excluding hydrogens is 332 g/mol. The van der Waals surface area contributed by atoms with E-state index in [0.717, 1.165) is 16.7 Å². The van der Waals surface area contributed by atoms with Crippen LogP contribution >= 0.6 is 0 Å². The molecule has 6 heteroatoms. The number of rotatable bonds is 3. The molecule has 0 atom stereocenters. The Labute approximate surface area is 149 Å². The Morgan fingerprint density at radius 1 is 0.885 bits per heavy atom. The van der Waals surface area contributed by atoms with E-state index in [9.17, 15) is 9.59 Å². The van der Waals surface area contributed by atoms with Gasteiger partial charge in [-0.1, -0.05) is 12.1 Å². The van der Waals surface area contributed by atoms with Crippen LogP contribution in [0.25, 0.3) is 5.69 Å². The van der Waals surface area contributed by atoms with E-state index >= 15 is 0 Å². The van der Waals surface area contributed by atoms with E-state index in [0.29, 0.717) is 23.7 Å². The minimum Gasteiger partial charge on any atom is -0.454 e. The van der Waals surface area contributed by atoms with Gasteiger partial charge >= 0.3 is 11.1 Å². The number of aryl methyl sites for hydroxylation is 2. The van der Waals surface area contributed by atoms with Gasteiger partial charge in [-0.3, -0.25) is 14.2 Å². The lowest BCUT2D eigenvalue weighted by atomic mass is 10.1. The molecular formula is C20H18N2O4. The number of nitrogens with zero attached hydrogens (tertiary/aromatic N) is 2. The fourth-order valence-corrected chi connectivity index (χ4v) is 3.16. The van der Waals surface area contributed by atoms with Crippen molar-refractivity contribution in [3.63, 3.8) is 0 Å². The monoisotopic (exact) mass is 350 g/mol. The van der Waals surface area contributed by atoms with E-state index in [4.69, 9.17) is 9.47 Å². The molecule has 6 nitrogen and oxygen atoms in total. The zero-order chi connectivity index (χ0) is 18.3. The Hall–Kier alpha value is -3.28. The first-order valence-corrected chi connectivity index (χ1v) is 8.30. The molecule has 0 N–H and O–H groups in total. The first-order chi connectivity index (χ1) is 12.5. The summed E-state index contributed by atoms with van der Waals surface area (Å²) >= 11 is 0. The third kappa shape index (κ3) is 2.90. The third-order valence-corrected chi connectivity index (χ3v) is 4.33. The largest absolute Gasteiger partial charge is 0.454 e. The van der Waals surface area contributed by atoms with Crippen LogP contribution < -0.4 is 20.6 Å². The van der Waals surface area contributed by atoms with Gasteiger partial charge in [0.25, 0.3) is 0 Å². The van der Waals surface area contributed by atoms with Crippen LogP contribution in [0.1, 0.15) is 16.7 Å². The number of hydrogen-bond acceptors (Lipinski definition) is 4. The van der Waals surface area contributed by atoms with Gasteiger partial charge in [-0.25, -0.2) is 0 Å². The normalized spacial score (nSPS) is 12.4. The summed E-state index contributed by atoms with van der Waals surface area (Å²) in [6, 6.07) is 11.3. The fourth-order valence-electron chi connectivity index (χ4n) is 3.16. The first kappa shape index (κ1) is 16.2. The van der Waals surface area contributed by atoms with Gasteiger partial charge in [-0.05, 0) is 54.8 Å². The predicted octanol–water partition coefficient (Wildman–Crippen LogP) is 2.39. The quantitative estimate of drug-likeness (QED) is 0.681. The second-order valence-electron chi connectivity index (χ2n) is 6.44. The van der Waals surface area contributed by atoms with Crippen molar-refractivity contribution in [2.45, 2.75) is 20.4 Å². The van der Waals surface area contributed by atoms with Crippen molar-refractivity contribution in [2.24, 2.45) is 0 Å². The van der Waals surface area contributed by atoms with E-state index in [1.54, 1.807) is 18.5 Å². The highest BCUT2D eigenvalue weighted by atomic mass is 16.7. The third-order valence-electron chi connectivity index (χ3n) is 4.33. The average Bonchev–Trinajstić information content (AvgIpc) is 3.06. The smallest absolute Gasteiger partial charge is 0.320 e. The maximum Gasteiger partial charge on any atom is 0.320 e. The van der Waals surface area contributed by atoms with Crippen molar-refractivity contribution in [3.8, 4) is 17.2 Å². The molecule has 0 saturated heterocycles. The Balaban J connectivity index is 1.70. The van der Waals surface area contributed by atoms with Crippen LogP contribution in [0, 0.1) is 13.8 Å². The fraction of sp³-hybridized carbons (Fsp3) is 0.200. The molecule has 0 saturated carbocycles. The van der Waals surface area contributed by atoms with Gasteiger partial charge in [-0.15, -0.1) is 0 Å². The van der Waals surface area contributed by atoms with Crippen LogP contribution in [0.5, 0.6) is 11.5 Å². The molecule has 132 valence electrons. The zero-order valence-corrected chi connectivity index (χ0v) is 14.6. The maximum atomic E-state index is 12.6. The van der Waals surface area contributed by atoms with Crippen molar-refractivity contribution in [1.29, 1.82) is 0 Å². The van der Waals surface area contributed by atoms with E-state index in [1.807, 2.05) is 44.2 Å². The molecule has 2 heterocycles. The van der Waals surface area contributed by atoms with E-state index in [1.165, 1.54) is 9.13 Å². The Morgan fingerprint density at radius 2 is 1.62 bits per heavy atom. The highest BCUT2D eigenvalue weighted by Crippen LogP contribution is 2.32. The van der Waals surface area contributed by atoms with Gasteiger partial charge in [0.05, 0.1) is 6.54 Å². The minimum atomic E-state index is -0.571. The first-order valence-electron chi connectivity index (χ1n) is 8.30. The van der Waals surface area contributed by atoms with Crippen LogP contribution in [0.15, 0.2) is 58.4 Å². The zero-order valence-electron chi connectivity index (χ0n) is 14.6. The molecule has 0 radical (unpaired) electrons.